The molecule has 0 aromatic heterocycles. The molecule has 110 valence electrons. The maximum absolute atomic E-state index is 11.9. The van der Waals surface area contributed by atoms with Crippen LogP contribution >= 0.6 is 0 Å². The number of hydrogen-bond donors (Lipinski definition) is 2. The zero-order valence-electron chi connectivity index (χ0n) is 12.5. The van der Waals surface area contributed by atoms with Crippen LogP contribution in [0.15, 0.2) is 24.3 Å². The Hall–Kier alpha value is -1.55. The van der Waals surface area contributed by atoms with Crippen molar-refractivity contribution in [3.05, 3.63) is 29.8 Å². The minimum absolute atomic E-state index is 0.175. The third kappa shape index (κ3) is 4.53. The van der Waals surface area contributed by atoms with E-state index < -0.39 is 0 Å². The Morgan fingerprint density at radius 1 is 1.25 bits per heavy atom. The smallest absolute Gasteiger partial charge is 0.220 e. The number of amides is 1. The number of anilines is 1. The predicted octanol–water partition coefficient (Wildman–Crippen LogP) is 1.76. The van der Waals surface area contributed by atoms with Gasteiger partial charge in [0.15, 0.2) is 0 Å². The number of nitrogens with zero attached hydrogens (tertiary/aromatic N) is 1. The van der Waals surface area contributed by atoms with Gasteiger partial charge in [-0.3, -0.25) is 4.79 Å². The molecule has 2 N–H and O–H groups in total. The second-order valence-corrected chi connectivity index (χ2v) is 5.74. The molecule has 0 bridgehead atoms. The van der Waals surface area contributed by atoms with Crippen molar-refractivity contribution in [1.82, 2.24) is 10.6 Å². The minimum Gasteiger partial charge on any atom is -0.378 e. The first-order valence-electron chi connectivity index (χ1n) is 7.39. The van der Waals surface area contributed by atoms with E-state index in [1.807, 2.05) is 14.1 Å². The van der Waals surface area contributed by atoms with Gasteiger partial charge in [-0.15, -0.1) is 0 Å². The SMILES string of the molecule is CN(C)c1ccc(CNC(=O)CC2CCNCC2)cc1. The first kappa shape index (κ1) is 14.9. The molecule has 0 atom stereocenters. The summed E-state index contributed by atoms with van der Waals surface area (Å²) in [5, 5.41) is 6.35. The van der Waals surface area contributed by atoms with Crippen molar-refractivity contribution < 1.29 is 4.79 Å². The fraction of sp³-hybridized carbons (Fsp3) is 0.562. The average Bonchev–Trinajstić information content (AvgIpc) is 2.46. The number of piperidine rings is 1. The molecule has 1 aromatic rings. The van der Waals surface area contributed by atoms with Crippen molar-refractivity contribution in [1.29, 1.82) is 0 Å². The Kier molecular flexibility index (Phi) is 5.41. The summed E-state index contributed by atoms with van der Waals surface area (Å²) in [7, 11) is 4.05. The van der Waals surface area contributed by atoms with E-state index >= 15 is 0 Å². The van der Waals surface area contributed by atoms with Crippen LogP contribution in [0.1, 0.15) is 24.8 Å². The molecular formula is C16H25N3O. The number of nitrogens with one attached hydrogen (secondary N) is 2. The lowest BCUT2D eigenvalue weighted by Gasteiger charge is -2.22. The van der Waals surface area contributed by atoms with Crippen LogP contribution < -0.4 is 15.5 Å². The first-order chi connectivity index (χ1) is 9.65. The van der Waals surface area contributed by atoms with Crippen molar-refractivity contribution in [2.75, 3.05) is 32.1 Å². The average molecular weight is 275 g/mol. The van der Waals surface area contributed by atoms with Crippen LogP contribution in [-0.2, 0) is 11.3 Å². The molecule has 1 saturated heterocycles. The highest BCUT2D eigenvalue weighted by atomic mass is 16.1. The van der Waals surface area contributed by atoms with Gasteiger partial charge < -0.3 is 15.5 Å². The highest BCUT2D eigenvalue weighted by molar-refractivity contribution is 5.76. The van der Waals surface area contributed by atoms with E-state index in [2.05, 4.69) is 39.8 Å². The summed E-state index contributed by atoms with van der Waals surface area (Å²) in [6.07, 6.45) is 2.90. The summed E-state index contributed by atoms with van der Waals surface area (Å²) in [5.41, 5.74) is 2.32. The van der Waals surface area contributed by atoms with Gasteiger partial charge in [0, 0.05) is 32.7 Å². The van der Waals surface area contributed by atoms with Crippen molar-refractivity contribution in [2.24, 2.45) is 5.92 Å². The zero-order valence-corrected chi connectivity index (χ0v) is 12.5. The fourth-order valence-electron chi connectivity index (χ4n) is 2.53. The summed E-state index contributed by atoms with van der Waals surface area (Å²) < 4.78 is 0. The number of carbonyl (C=O) groups excluding carboxylic acids is 1. The molecule has 4 nitrogen and oxygen atoms in total. The number of hydrogen-bond acceptors (Lipinski definition) is 3. The molecule has 0 unspecified atom stereocenters. The third-order valence-corrected chi connectivity index (χ3v) is 3.88. The maximum Gasteiger partial charge on any atom is 0.220 e. The zero-order chi connectivity index (χ0) is 14.4. The molecule has 1 aliphatic rings. The molecule has 0 aliphatic carbocycles. The van der Waals surface area contributed by atoms with Gasteiger partial charge in [0.2, 0.25) is 5.91 Å². The maximum atomic E-state index is 11.9. The van der Waals surface area contributed by atoms with Crippen LogP contribution in [0.4, 0.5) is 5.69 Å². The molecule has 1 aromatic carbocycles. The number of carbonyl (C=O) groups is 1. The predicted molar refractivity (Wildman–Crippen MR) is 82.8 cm³/mol. The molecule has 0 spiro atoms. The van der Waals surface area contributed by atoms with E-state index in [-0.39, 0.29) is 5.91 Å². The summed E-state index contributed by atoms with van der Waals surface area (Å²) in [6.45, 7) is 2.71. The highest BCUT2D eigenvalue weighted by Crippen LogP contribution is 2.16. The lowest BCUT2D eigenvalue weighted by atomic mass is 9.94. The highest BCUT2D eigenvalue weighted by Gasteiger charge is 2.16. The second-order valence-electron chi connectivity index (χ2n) is 5.74. The van der Waals surface area contributed by atoms with Crippen LogP contribution in [0.25, 0.3) is 0 Å². The second kappa shape index (κ2) is 7.29. The topological polar surface area (TPSA) is 44.4 Å². The standard InChI is InChI=1S/C16H25N3O/c1-19(2)15-5-3-14(4-6-15)12-18-16(20)11-13-7-9-17-10-8-13/h3-6,13,17H,7-12H2,1-2H3,(H,18,20). The van der Waals surface area contributed by atoms with Crippen LogP contribution in [0, 0.1) is 5.92 Å². The molecule has 4 heteroatoms. The minimum atomic E-state index is 0.175. The van der Waals surface area contributed by atoms with Gasteiger partial charge in [0.1, 0.15) is 0 Å². The molecule has 1 heterocycles. The van der Waals surface area contributed by atoms with Crippen molar-refractivity contribution in [3.8, 4) is 0 Å². The van der Waals surface area contributed by atoms with Gasteiger partial charge in [-0.25, -0.2) is 0 Å². The van der Waals surface area contributed by atoms with Crippen molar-refractivity contribution in [2.45, 2.75) is 25.8 Å². The summed E-state index contributed by atoms with van der Waals surface area (Å²) in [5.74, 6) is 0.723. The van der Waals surface area contributed by atoms with E-state index in [1.165, 1.54) is 5.69 Å². The number of benzene rings is 1. The van der Waals surface area contributed by atoms with E-state index in [0.717, 1.165) is 31.5 Å². The Balaban J connectivity index is 1.74. The summed E-state index contributed by atoms with van der Waals surface area (Å²) >= 11 is 0. The Bertz CT molecular complexity index is 422. The van der Waals surface area contributed by atoms with E-state index in [4.69, 9.17) is 0 Å². The van der Waals surface area contributed by atoms with Crippen LogP contribution in [0.2, 0.25) is 0 Å². The number of rotatable bonds is 5. The molecular weight excluding hydrogens is 250 g/mol. The molecule has 20 heavy (non-hydrogen) atoms. The quantitative estimate of drug-likeness (QED) is 0.860. The van der Waals surface area contributed by atoms with E-state index in [1.54, 1.807) is 0 Å². The third-order valence-electron chi connectivity index (χ3n) is 3.88. The van der Waals surface area contributed by atoms with Gasteiger partial charge >= 0.3 is 0 Å². The fourth-order valence-corrected chi connectivity index (χ4v) is 2.53. The van der Waals surface area contributed by atoms with Gasteiger partial charge in [0.25, 0.3) is 0 Å². The molecule has 1 amide bonds. The van der Waals surface area contributed by atoms with Crippen molar-refractivity contribution >= 4 is 11.6 Å². The monoisotopic (exact) mass is 275 g/mol. The van der Waals surface area contributed by atoms with Gasteiger partial charge in [-0.05, 0) is 49.5 Å². The van der Waals surface area contributed by atoms with Gasteiger partial charge in [0.05, 0.1) is 0 Å². The lowest BCUT2D eigenvalue weighted by Crippen LogP contribution is -2.32. The Morgan fingerprint density at radius 3 is 2.50 bits per heavy atom. The van der Waals surface area contributed by atoms with Gasteiger partial charge in [-0.2, -0.15) is 0 Å². The summed E-state index contributed by atoms with van der Waals surface area (Å²) in [6, 6.07) is 8.29. The van der Waals surface area contributed by atoms with E-state index in [0.29, 0.717) is 18.9 Å². The largest absolute Gasteiger partial charge is 0.378 e. The van der Waals surface area contributed by atoms with Crippen LogP contribution in [-0.4, -0.2) is 33.1 Å². The van der Waals surface area contributed by atoms with Crippen LogP contribution in [0.3, 0.4) is 0 Å². The van der Waals surface area contributed by atoms with E-state index in [9.17, 15) is 4.79 Å². The first-order valence-corrected chi connectivity index (χ1v) is 7.39. The molecule has 0 radical (unpaired) electrons. The van der Waals surface area contributed by atoms with Crippen molar-refractivity contribution in [3.63, 3.8) is 0 Å². The molecule has 1 fully saturated rings. The molecule has 1 aliphatic heterocycles. The normalized spacial score (nSPS) is 15.9. The summed E-state index contributed by atoms with van der Waals surface area (Å²) in [4.78, 5) is 14.0. The molecule has 2 rings (SSSR count). The van der Waals surface area contributed by atoms with Crippen LogP contribution in [0.5, 0.6) is 0 Å². The Labute approximate surface area is 121 Å². The molecule has 0 saturated carbocycles. The van der Waals surface area contributed by atoms with Gasteiger partial charge in [-0.1, -0.05) is 12.1 Å². The Morgan fingerprint density at radius 2 is 1.90 bits per heavy atom. The lowest BCUT2D eigenvalue weighted by molar-refractivity contribution is -0.122.